The molecule has 8 heteroatoms. The second-order valence-electron chi connectivity index (χ2n) is 5.95. The Kier molecular flexibility index (Phi) is 4.26. The number of aryl methyl sites for hydroxylation is 1. The van der Waals surface area contributed by atoms with E-state index in [9.17, 15) is 14.4 Å². The third-order valence-corrected chi connectivity index (χ3v) is 4.21. The van der Waals surface area contributed by atoms with Crippen molar-refractivity contribution in [2.45, 2.75) is 19.5 Å². The van der Waals surface area contributed by atoms with Gasteiger partial charge in [-0.25, -0.2) is 9.78 Å². The molecule has 0 aliphatic heterocycles. The van der Waals surface area contributed by atoms with E-state index in [1.54, 1.807) is 7.05 Å². The van der Waals surface area contributed by atoms with Crippen molar-refractivity contribution in [1.29, 1.82) is 0 Å². The van der Waals surface area contributed by atoms with Crippen LogP contribution in [0.2, 0.25) is 0 Å². The Morgan fingerprint density at radius 3 is 2.52 bits per heavy atom. The molecule has 0 aliphatic carbocycles. The molecule has 1 atom stereocenters. The zero-order valence-corrected chi connectivity index (χ0v) is 14.3. The third-order valence-electron chi connectivity index (χ3n) is 4.21. The lowest BCUT2D eigenvalue weighted by molar-refractivity contribution is -0.122. The highest BCUT2D eigenvalue weighted by Crippen LogP contribution is 2.11. The lowest BCUT2D eigenvalue weighted by atomic mass is 10.1. The van der Waals surface area contributed by atoms with Gasteiger partial charge in [-0.15, -0.1) is 0 Å². The van der Waals surface area contributed by atoms with E-state index < -0.39 is 11.2 Å². The first-order valence-corrected chi connectivity index (χ1v) is 7.85. The lowest BCUT2D eigenvalue weighted by Gasteiger charge is -2.14. The van der Waals surface area contributed by atoms with E-state index in [1.807, 2.05) is 37.3 Å². The number of hydrogen-bond donors (Lipinski definition) is 1. The van der Waals surface area contributed by atoms with Crippen molar-refractivity contribution in [3.8, 4) is 0 Å². The molecule has 2 heterocycles. The van der Waals surface area contributed by atoms with Crippen LogP contribution in [0.15, 0.2) is 46.2 Å². The summed E-state index contributed by atoms with van der Waals surface area (Å²) in [5, 5.41) is 2.89. The fraction of sp³-hybridized carbons (Fsp3) is 0.294. The summed E-state index contributed by atoms with van der Waals surface area (Å²) in [7, 11) is 2.94. The highest BCUT2D eigenvalue weighted by molar-refractivity contribution is 5.79. The molecule has 3 rings (SSSR count). The number of nitrogens with zero attached hydrogens (tertiary/aromatic N) is 4. The Morgan fingerprint density at radius 2 is 1.84 bits per heavy atom. The van der Waals surface area contributed by atoms with Crippen LogP contribution in [0.3, 0.4) is 0 Å². The van der Waals surface area contributed by atoms with Crippen LogP contribution in [-0.2, 0) is 25.4 Å². The first kappa shape index (κ1) is 16.7. The predicted molar refractivity (Wildman–Crippen MR) is 93.2 cm³/mol. The first-order chi connectivity index (χ1) is 11.9. The highest BCUT2D eigenvalue weighted by atomic mass is 16.2. The van der Waals surface area contributed by atoms with E-state index in [0.29, 0.717) is 0 Å². The van der Waals surface area contributed by atoms with Gasteiger partial charge in [0.25, 0.3) is 5.56 Å². The summed E-state index contributed by atoms with van der Waals surface area (Å²) in [5.41, 5.74) is 0.554. The van der Waals surface area contributed by atoms with Gasteiger partial charge in [0.15, 0.2) is 11.2 Å². The number of carbonyl (C=O) groups excluding carboxylic acids is 1. The van der Waals surface area contributed by atoms with Gasteiger partial charge < -0.3 is 9.88 Å². The van der Waals surface area contributed by atoms with Crippen molar-refractivity contribution in [2.75, 3.05) is 0 Å². The number of hydrogen-bond acceptors (Lipinski definition) is 4. The van der Waals surface area contributed by atoms with Crippen LogP contribution < -0.4 is 16.6 Å². The molecule has 1 N–H and O–H groups in total. The molecule has 1 aromatic carbocycles. The van der Waals surface area contributed by atoms with Crippen LogP contribution in [0.25, 0.3) is 11.2 Å². The van der Waals surface area contributed by atoms with Crippen molar-refractivity contribution in [1.82, 2.24) is 24.0 Å². The summed E-state index contributed by atoms with van der Waals surface area (Å²) in [6.45, 7) is 1.84. The molecule has 0 fully saturated rings. The van der Waals surface area contributed by atoms with Crippen molar-refractivity contribution >= 4 is 17.1 Å². The fourth-order valence-corrected chi connectivity index (χ4v) is 2.78. The molecule has 0 saturated carbocycles. The number of imidazole rings is 1. The van der Waals surface area contributed by atoms with Gasteiger partial charge in [0.05, 0.1) is 12.4 Å². The quantitative estimate of drug-likeness (QED) is 0.739. The van der Waals surface area contributed by atoms with E-state index in [4.69, 9.17) is 0 Å². The smallest absolute Gasteiger partial charge is 0.332 e. The number of amides is 1. The number of rotatable bonds is 4. The van der Waals surface area contributed by atoms with Crippen LogP contribution in [0.1, 0.15) is 18.5 Å². The molecule has 25 heavy (non-hydrogen) atoms. The SMILES string of the molecule is C[C@H](NC(=O)Cn1cnc2c1c(=O)n(C)c(=O)n2C)c1ccccc1. The molecule has 2 aromatic heterocycles. The second kappa shape index (κ2) is 6.39. The van der Waals surface area contributed by atoms with Gasteiger partial charge in [-0.1, -0.05) is 30.3 Å². The Bertz CT molecular complexity index is 1050. The van der Waals surface area contributed by atoms with Gasteiger partial charge in [-0.05, 0) is 12.5 Å². The summed E-state index contributed by atoms with van der Waals surface area (Å²) in [5.74, 6) is -0.244. The van der Waals surface area contributed by atoms with Gasteiger partial charge in [-0.2, -0.15) is 0 Å². The largest absolute Gasteiger partial charge is 0.348 e. The highest BCUT2D eigenvalue weighted by Gasteiger charge is 2.17. The van der Waals surface area contributed by atoms with E-state index >= 15 is 0 Å². The van der Waals surface area contributed by atoms with Gasteiger partial charge >= 0.3 is 5.69 Å². The second-order valence-corrected chi connectivity index (χ2v) is 5.95. The monoisotopic (exact) mass is 341 g/mol. The molecule has 0 bridgehead atoms. The van der Waals surface area contributed by atoms with E-state index in [-0.39, 0.29) is 29.7 Å². The van der Waals surface area contributed by atoms with Crippen LogP contribution in [0.5, 0.6) is 0 Å². The maximum absolute atomic E-state index is 12.4. The predicted octanol–water partition coefficient (Wildman–Crippen LogP) is 0.311. The molecule has 0 spiro atoms. The molecule has 130 valence electrons. The van der Waals surface area contributed by atoms with Crippen LogP contribution >= 0.6 is 0 Å². The van der Waals surface area contributed by atoms with Gasteiger partial charge in [-0.3, -0.25) is 18.7 Å². The molecule has 0 saturated heterocycles. The summed E-state index contributed by atoms with van der Waals surface area (Å²) in [6, 6.07) is 9.44. The molecule has 8 nitrogen and oxygen atoms in total. The minimum absolute atomic E-state index is 0.0544. The third kappa shape index (κ3) is 2.98. The number of carbonyl (C=O) groups is 1. The molecular weight excluding hydrogens is 322 g/mol. The Balaban J connectivity index is 1.88. The summed E-state index contributed by atoms with van der Waals surface area (Å²) in [4.78, 5) is 40.8. The Hall–Kier alpha value is -3.16. The van der Waals surface area contributed by atoms with Crippen molar-refractivity contribution in [3.63, 3.8) is 0 Å². The standard InChI is InChI=1S/C17H19N5O3/c1-11(12-7-5-4-6-8-12)19-13(23)9-22-10-18-15-14(22)16(24)21(3)17(25)20(15)2/h4-8,10-11H,9H2,1-3H3,(H,19,23)/t11-/m0/s1. The van der Waals surface area contributed by atoms with Crippen LogP contribution in [0.4, 0.5) is 0 Å². The number of nitrogens with one attached hydrogen (secondary N) is 1. The molecule has 3 aromatic rings. The van der Waals surface area contributed by atoms with E-state index in [2.05, 4.69) is 10.3 Å². The van der Waals surface area contributed by atoms with Crippen LogP contribution in [0, 0.1) is 0 Å². The van der Waals surface area contributed by atoms with Crippen molar-refractivity contribution in [3.05, 3.63) is 63.1 Å². The maximum Gasteiger partial charge on any atom is 0.332 e. The number of benzene rings is 1. The van der Waals surface area contributed by atoms with Crippen LogP contribution in [-0.4, -0.2) is 24.6 Å². The van der Waals surface area contributed by atoms with Crippen molar-refractivity contribution < 1.29 is 4.79 Å². The topological polar surface area (TPSA) is 90.9 Å². The van der Waals surface area contributed by atoms with E-state index in [0.717, 1.165) is 10.1 Å². The summed E-state index contributed by atoms with van der Waals surface area (Å²) in [6.07, 6.45) is 1.40. The van der Waals surface area contributed by atoms with E-state index in [1.165, 1.54) is 22.5 Å². The number of aromatic nitrogens is 4. The van der Waals surface area contributed by atoms with Gasteiger partial charge in [0.2, 0.25) is 5.91 Å². The zero-order chi connectivity index (χ0) is 18.1. The average molecular weight is 341 g/mol. The number of fused-ring (bicyclic) bond motifs is 1. The molecular formula is C17H19N5O3. The fourth-order valence-electron chi connectivity index (χ4n) is 2.78. The minimum Gasteiger partial charge on any atom is -0.348 e. The summed E-state index contributed by atoms with van der Waals surface area (Å²) >= 11 is 0. The molecule has 0 radical (unpaired) electrons. The maximum atomic E-state index is 12.4. The van der Waals surface area contributed by atoms with Gasteiger partial charge in [0, 0.05) is 14.1 Å². The molecule has 0 unspecified atom stereocenters. The lowest BCUT2D eigenvalue weighted by Crippen LogP contribution is -2.38. The van der Waals surface area contributed by atoms with Gasteiger partial charge in [0.1, 0.15) is 6.54 Å². The van der Waals surface area contributed by atoms with Crippen molar-refractivity contribution in [2.24, 2.45) is 14.1 Å². The Labute approximate surface area is 143 Å². The first-order valence-electron chi connectivity index (χ1n) is 7.85. The average Bonchev–Trinajstić information content (AvgIpc) is 3.02. The normalized spacial score (nSPS) is 12.3. The zero-order valence-electron chi connectivity index (χ0n) is 14.3. The molecule has 1 amide bonds. The Morgan fingerprint density at radius 1 is 1.16 bits per heavy atom. The molecule has 0 aliphatic rings. The minimum atomic E-state index is -0.473. The summed E-state index contributed by atoms with van der Waals surface area (Å²) < 4.78 is 3.76.